The molecule has 0 aromatic carbocycles. The van der Waals surface area contributed by atoms with Crippen molar-refractivity contribution in [3.63, 3.8) is 0 Å². The maximum Gasteiger partial charge on any atom is 0.0635 e. The molecule has 1 aliphatic rings. The van der Waals surface area contributed by atoms with Crippen molar-refractivity contribution in [2.24, 2.45) is 0 Å². The minimum atomic E-state index is 0.485. The maximum atomic E-state index is 5.59. The Balaban J connectivity index is 1.87. The van der Waals surface area contributed by atoms with Crippen LogP contribution in [-0.4, -0.2) is 48.8 Å². The van der Waals surface area contributed by atoms with Gasteiger partial charge in [-0.2, -0.15) is 0 Å². The van der Waals surface area contributed by atoms with Gasteiger partial charge in [0, 0.05) is 38.1 Å². The first-order chi connectivity index (χ1) is 8.90. The molecular formula is C14H23N3O. The van der Waals surface area contributed by atoms with Crippen LogP contribution in [0.3, 0.4) is 0 Å². The highest BCUT2D eigenvalue weighted by Gasteiger charge is 2.22. The summed E-state index contributed by atoms with van der Waals surface area (Å²) in [6, 6.07) is 4.66. The van der Waals surface area contributed by atoms with Gasteiger partial charge in [-0.05, 0) is 30.7 Å². The van der Waals surface area contributed by atoms with Gasteiger partial charge in [0.15, 0.2) is 0 Å². The molecular weight excluding hydrogens is 226 g/mol. The van der Waals surface area contributed by atoms with Gasteiger partial charge in [0.1, 0.15) is 0 Å². The fourth-order valence-electron chi connectivity index (χ4n) is 2.25. The average Bonchev–Trinajstić information content (AvgIpc) is 2.42. The van der Waals surface area contributed by atoms with E-state index in [9.17, 15) is 0 Å². The van der Waals surface area contributed by atoms with E-state index in [0.29, 0.717) is 6.04 Å². The van der Waals surface area contributed by atoms with Crippen LogP contribution in [-0.2, 0) is 11.3 Å². The molecule has 2 heterocycles. The first-order valence-corrected chi connectivity index (χ1v) is 6.81. The van der Waals surface area contributed by atoms with E-state index in [0.717, 1.165) is 39.4 Å². The van der Waals surface area contributed by atoms with Crippen LogP contribution < -0.4 is 5.32 Å². The maximum absolute atomic E-state index is 5.59. The fraction of sp³-hybridized carbons (Fsp3) is 0.643. The predicted molar refractivity (Wildman–Crippen MR) is 72.4 cm³/mol. The fourth-order valence-corrected chi connectivity index (χ4v) is 2.25. The van der Waals surface area contributed by atoms with Crippen LogP contribution in [0.4, 0.5) is 0 Å². The van der Waals surface area contributed by atoms with Crippen molar-refractivity contribution in [3.05, 3.63) is 30.1 Å². The largest absolute Gasteiger partial charge is 0.378 e. The first kappa shape index (κ1) is 13.5. The summed E-state index contributed by atoms with van der Waals surface area (Å²) in [7, 11) is 0. The number of pyridine rings is 1. The second-order valence-electron chi connectivity index (χ2n) is 4.76. The molecule has 4 heteroatoms. The van der Waals surface area contributed by atoms with E-state index in [1.165, 1.54) is 12.0 Å². The van der Waals surface area contributed by atoms with Crippen LogP contribution in [0.1, 0.15) is 18.9 Å². The van der Waals surface area contributed by atoms with Gasteiger partial charge in [-0.1, -0.05) is 6.92 Å². The second kappa shape index (κ2) is 7.46. The molecule has 18 heavy (non-hydrogen) atoms. The number of nitrogens with one attached hydrogen (secondary N) is 1. The summed E-state index contributed by atoms with van der Waals surface area (Å²) in [6.45, 7) is 7.97. The van der Waals surface area contributed by atoms with Gasteiger partial charge in [0.05, 0.1) is 13.2 Å². The number of ether oxygens (including phenoxy) is 1. The number of morpholine rings is 1. The first-order valence-electron chi connectivity index (χ1n) is 6.81. The lowest BCUT2D eigenvalue weighted by Crippen LogP contribution is -2.49. The molecule has 0 saturated carbocycles. The summed E-state index contributed by atoms with van der Waals surface area (Å²) >= 11 is 0. The molecule has 1 fully saturated rings. The molecule has 1 aliphatic heterocycles. The van der Waals surface area contributed by atoms with Gasteiger partial charge in [-0.25, -0.2) is 0 Å². The summed E-state index contributed by atoms with van der Waals surface area (Å²) in [4.78, 5) is 6.56. The highest BCUT2D eigenvalue weighted by Crippen LogP contribution is 2.11. The van der Waals surface area contributed by atoms with Crippen molar-refractivity contribution in [3.8, 4) is 0 Å². The SMILES string of the molecule is CCCNCC1COCCN1Cc1ccncc1. The van der Waals surface area contributed by atoms with Crippen LogP contribution in [0.5, 0.6) is 0 Å². The van der Waals surface area contributed by atoms with Gasteiger partial charge in [0.2, 0.25) is 0 Å². The van der Waals surface area contributed by atoms with Gasteiger partial charge < -0.3 is 10.1 Å². The van der Waals surface area contributed by atoms with Gasteiger partial charge in [-0.15, -0.1) is 0 Å². The Morgan fingerprint density at radius 2 is 2.28 bits per heavy atom. The average molecular weight is 249 g/mol. The smallest absolute Gasteiger partial charge is 0.0635 e. The molecule has 0 bridgehead atoms. The van der Waals surface area contributed by atoms with E-state index in [-0.39, 0.29) is 0 Å². The topological polar surface area (TPSA) is 37.4 Å². The minimum absolute atomic E-state index is 0.485. The van der Waals surface area contributed by atoms with Gasteiger partial charge in [0.25, 0.3) is 0 Å². The number of nitrogens with zero attached hydrogens (tertiary/aromatic N) is 2. The highest BCUT2D eigenvalue weighted by molar-refractivity contribution is 5.09. The van der Waals surface area contributed by atoms with Crippen LogP contribution in [0.15, 0.2) is 24.5 Å². The third-order valence-corrected chi connectivity index (χ3v) is 3.29. The van der Waals surface area contributed by atoms with Crippen molar-refractivity contribution in [1.29, 1.82) is 0 Å². The van der Waals surface area contributed by atoms with E-state index in [1.807, 2.05) is 12.4 Å². The lowest BCUT2D eigenvalue weighted by molar-refractivity contribution is -0.0108. The molecule has 1 unspecified atom stereocenters. The van der Waals surface area contributed by atoms with Crippen molar-refractivity contribution >= 4 is 0 Å². The number of hydrogen-bond donors (Lipinski definition) is 1. The van der Waals surface area contributed by atoms with Crippen molar-refractivity contribution < 1.29 is 4.74 Å². The van der Waals surface area contributed by atoms with E-state index < -0.39 is 0 Å². The molecule has 4 nitrogen and oxygen atoms in total. The summed E-state index contributed by atoms with van der Waals surface area (Å²) in [5.41, 5.74) is 1.33. The van der Waals surface area contributed by atoms with Gasteiger partial charge in [-0.3, -0.25) is 9.88 Å². The molecule has 0 spiro atoms. The molecule has 1 saturated heterocycles. The summed E-state index contributed by atoms with van der Waals surface area (Å²) in [5.74, 6) is 0. The predicted octanol–water partition coefficient (Wildman–Crippen LogP) is 1.28. The zero-order valence-corrected chi connectivity index (χ0v) is 11.1. The van der Waals surface area contributed by atoms with Crippen molar-refractivity contribution in [2.45, 2.75) is 25.9 Å². The van der Waals surface area contributed by atoms with Crippen LogP contribution in [0.2, 0.25) is 0 Å². The molecule has 1 atom stereocenters. The van der Waals surface area contributed by atoms with Crippen LogP contribution in [0, 0.1) is 0 Å². The monoisotopic (exact) mass is 249 g/mol. The normalized spacial score (nSPS) is 21.1. The molecule has 1 aromatic rings. The quantitative estimate of drug-likeness (QED) is 0.771. The van der Waals surface area contributed by atoms with Crippen LogP contribution >= 0.6 is 0 Å². The molecule has 1 N–H and O–H groups in total. The Kier molecular flexibility index (Phi) is 5.58. The zero-order chi connectivity index (χ0) is 12.6. The Hall–Kier alpha value is -0.970. The number of rotatable bonds is 6. The lowest BCUT2D eigenvalue weighted by atomic mass is 10.1. The van der Waals surface area contributed by atoms with Crippen LogP contribution in [0.25, 0.3) is 0 Å². The summed E-state index contributed by atoms with van der Waals surface area (Å²) in [5, 5.41) is 3.49. The number of hydrogen-bond acceptors (Lipinski definition) is 4. The second-order valence-corrected chi connectivity index (χ2v) is 4.76. The Morgan fingerprint density at radius 1 is 1.44 bits per heavy atom. The standard InChI is InChI=1S/C14H23N3O/c1-2-5-16-10-14-12-18-9-8-17(14)11-13-3-6-15-7-4-13/h3-4,6-7,14,16H,2,5,8-12H2,1H3. The summed E-state index contributed by atoms with van der Waals surface area (Å²) < 4.78 is 5.59. The Bertz CT molecular complexity index is 331. The molecule has 0 radical (unpaired) electrons. The number of aromatic nitrogens is 1. The minimum Gasteiger partial charge on any atom is -0.378 e. The molecule has 0 amide bonds. The van der Waals surface area contributed by atoms with E-state index in [4.69, 9.17) is 4.74 Å². The van der Waals surface area contributed by atoms with Crippen molar-refractivity contribution in [1.82, 2.24) is 15.2 Å². The van der Waals surface area contributed by atoms with Gasteiger partial charge >= 0.3 is 0 Å². The molecule has 2 rings (SSSR count). The van der Waals surface area contributed by atoms with Crippen molar-refractivity contribution in [2.75, 3.05) is 32.8 Å². The van der Waals surface area contributed by atoms with E-state index >= 15 is 0 Å². The van der Waals surface area contributed by atoms with E-state index in [1.54, 1.807) is 0 Å². The summed E-state index contributed by atoms with van der Waals surface area (Å²) in [6.07, 6.45) is 4.90. The third kappa shape index (κ3) is 4.05. The highest BCUT2D eigenvalue weighted by atomic mass is 16.5. The zero-order valence-electron chi connectivity index (χ0n) is 11.1. The molecule has 0 aliphatic carbocycles. The lowest BCUT2D eigenvalue weighted by Gasteiger charge is -2.35. The third-order valence-electron chi connectivity index (χ3n) is 3.29. The Labute approximate surface area is 109 Å². The van der Waals surface area contributed by atoms with E-state index in [2.05, 4.69) is 34.3 Å². The Morgan fingerprint density at radius 3 is 3.06 bits per heavy atom. The molecule has 100 valence electrons. The molecule has 1 aromatic heterocycles.